The van der Waals surface area contributed by atoms with E-state index in [9.17, 15) is 0 Å². The van der Waals surface area contributed by atoms with E-state index in [4.69, 9.17) is 13.3 Å². The molecular weight excluding hydrogens is 210 g/mol. The normalized spacial score (nSPS) is 37.0. The minimum atomic E-state index is -2.27. The lowest BCUT2D eigenvalue weighted by Gasteiger charge is -2.38. The molecule has 88 valence electrons. The highest BCUT2D eigenvalue weighted by atomic mass is 28.4. The highest BCUT2D eigenvalue weighted by Crippen LogP contribution is 2.22. The maximum absolute atomic E-state index is 5.90. The highest BCUT2D eigenvalue weighted by molar-refractivity contribution is 6.60. The molecule has 0 aromatic rings. The van der Waals surface area contributed by atoms with Crippen molar-refractivity contribution in [2.45, 2.75) is 25.8 Å². The summed E-state index contributed by atoms with van der Waals surface area (Å²) in [5.74, 6) is 0. The fourth-order valence-corrected chi connectivity index (χ4v) is 4.74. The van der Waals surface area contributed by atoms with Crippen molar-refractivity contribution in [1.29, 1.82) is 0 Å². The molecule has 3 saturated heterocycles. The van der Waals surface area contributed by atoms with E-state index in [-0.39, 0.29) is 0 Å². The molecular formula is C10H21NO3Si. The summed E-state index contributed by atoms with van der Waals surface area (Å²) in [5, 5.41) is 0. The fraction of sp³-hybridized carbons (Fsp3) is 1.00. The summed E-state index contributed by atoms with van der Waals surface area (Å²) in [6.45, 7) is 7.62. The first kappa shape index (κ1) is 11.5. The van der Waals surface area contributed by atoms with E-state index in [1.165, 1.54) is 6.42 Å². The average Bonchev–Trinajstić information content (AvgIpc) is 2.14. The molecule has 0 spiro atoms. The SMILES string of the molecule is CCCC[Si]12OCCN(CCO1)CCO2. The Bertz CT molecular complexity index is 171. The number of hydrogen-bond acceptors (Lipinski definition) is 4. The minimum absolute atomic E-state index is 0.774. The van der Waals surface area contributed by atoms with Gasteiger partial charge in [0.2, 0.25) is 0 Å². The molecule has 0 N–H and O–H groups in total. The summed E-state index contributed by atoms with van der Waals surface area (Å²) in [6.07, 6.45) is 2.33. The van der Waals surface area contributed by atoms with Crippen molar-refractivity contribution in [3.8, 4) is 0 Å². The topological polar surface area (TPSA) is 30.9 Å². The van der Waals surface area contributed by atoms with Gasteiger partial charge in [-0.15, -0.1) is 0 Å². The zero-order chi connectivity index (χ0) is 10.6. The Labute approximate surface area is 92.9 Å². The molecule has 0 saturated carbocycles. The number of unbranched alkanes of at least 4 members (excludes halogenated alkanes) is 1. The van der Waals surface area contributed by atoms with E-state index < -0.39 is 8.80 Å². The van der Waals surface area contributed by atoms with Crippen LogP contribution in [0.3, 0.4) is 0 Å². The predicted octanol–water partition coefficient (Wildman–Crippen LogP) is 1.10. The van der Waals surface area contributed by atoms with Crippen LogP contribution in [-0.4, -0.2) is 53.2 Å². The third-order valence-corrected chi connectivity index (χ3v) is 5.92. The Morgan fingerprint density at radius 2 is 1.53 bits per heavy atom. The van der Waals surface area contributed by atoms with Crippen molar-refractivity contribution in [2.24, 2.45) is 0 Å². The van der Waals surface area contributed by atoms with Crippen LogP contribution in [0.25, 0.3) is 0 Å². The molecule has 5 heteroatoms. The highest BCUT2D eigenvalue weighted by Gasteiger charge is 2.42. The molecule has 15 heavy (non-hydrogen) atoms. The fourth-order valence-electron chi connectivity index (χ4n) is 2.06. The van der Waals surface area contributed by atoms with Crippen molar-refractivity contribution in [1.82, 2.24) is 4.90 Å². The summed E-state index contributed by atoms with van der Waals surface area (Å²) < 4.78 is 17.7. The number of rotatable bonds is 3. The largest absolute Gasteiger partial charge is 0.501 e. The summed E-state index contributed by atoms with van der Waals surface area (Å²) >= 11 is 0. The van der Waals surface area contributed by atoms with Gasteiger partial charge in [0, 0.05) is 25.7 Å². The summed E-state index contributed by atoms with van der Waals surface area (Å²) in [6, 6.07) is 0.990. The molecule has 0 radical (unpaired) electrons. The van der Waals surface area contributed by atoms with E-state index in [2.05, 4.69) is 11.8 Å². The smallest absolute Gasteiger partial charge is 0.372 e. The first-order valence-electron chi connectivity index (χ1n) is 5.99. The first-order valence-corrected chi connectivity index (χ1v) is 7.92. The van der Waals surface area contributed by atoms with E-state index in [0.29, 0.717) is 0 Å². The Morgan fingerprint density at radius 1 is 1.00 bits per heavy atom. The van der Waals surface area contributed by atoms with Crippen LogP contribution in [0, 0.1) is 0 Å². The Hall–Kier alpha value is 0.0569. The molecule has 0 aromatic heterocycles. The Kier molecular flexibility index (Phi) is 4.16. The molecule has 2 bridgehead atoms. The van der Waals surface area contributed by atoms with Crippen LogP contribution in [0.5, 0.6) is 0 Å². The van der Waals surface area contributed by atoms with Crippen molar-refractivity contribution in [2.75, 3.05) is 39.5 Å². The van der Waals surface area contributed by atoms with Gasteiger partial charge >= 0.3 is 8.80 Å². The lowest BCUT2D eigenvalue weighted by atomic mass is 10.4. The van der Waals surface area contributed by atoms with Gasteiger partial charge in [-0.05, 0) is 6.42 Å². The van der Waals surface area contributed by atoms with Crippen LogP contribution in [0.2, 0.25) is 6.04 Å². The van der Waals surface area contributed by atoms with Gasteiger partial charge in [0.15, 0.2) is 0 Å². The molecule has 3 heterocycles. The predicted molar refractivity (Wildman–Crippen MR) is 59.8 cm³/mol. The third kappa shape index (κ3) is 3.01. The van der Waals surface area contributed by atoms with Gasteiger partial charge in [-0.1, -0.05) is 13.3 Å². The second-order valence-electron chi connectivity index (χ2n) is 4.17. The van der Waals surface area contributed by atoms with Gasteiger partial charge in [0.25, 0.3) is 0 Å². The molecule has 3 aliphatic rings. The van der Waals surface area contributed by atoms with Gasteiger partial charge in [-0.2, -0.15) is 0 Å². The number of fused-ring (bicyclic) bond motifs is 6. The second-order valence-corrected chi connectivity index (χ2v) is 6.91. The van der Waals surface area contributed by atoms with Crippen LogP contribution in [0.15, 0.2) is 0 Å². The third-order valence-electron chi connectivity index (χ3n) is 3.02. The van der Waals surface area contributed by atoms with Crippen molar-refractivity contribution in [3.63, 3.8) is 0 Å². The van der Waals surface area contributed by atoms with Crippen LogP contribution < -0.4 is 0 Å². The van der Waals surface area contributed by atoms with Gasteiger partial charge < -0.3 is 13.3 Å². The van der Waals surface area contributed by atoms with Gasteiger partial charge in [0.05, 0.1) is 19.8 Å². The molecule has 3 aliphatic heterocycles. The maximum atomic E-state index is 5.90. The van der Waals surface area contributed by atoms with Crippen molar-refractivity contribution < 1.29 is 13.3 Å². The van der Waals surface area contributed by atoms with Crippen LogP contribution in [0.1, 0.15) is 19.8 Å². The molecule has 3 rings (SSSR count). The first-order chi connectivity index (χ1) is 7.35. The average molecular weight is 231 g/mol. The lowest BCUT2D eigenvalue weighted by Crippen LogP contribution is -2.54. The number of hydrogen-bond donors (Lipinski definition) is 0. The monoisotopic (exact) mass is 231 g/mol. The van der Waals surface area contributed by atoms with Gasteiger partial charge in [-0.3, -0.25) is 4.90 Å². The summed E-state index contributed by atoms with van der Waals surface area (Å²) in [5.41, 5.74) is 0. The van der Waals surface area contributed by atoms with Crippen molar-refractivity contribution >= 4 is 8.80 Å². The second kappa shape index (κ2) is 5.40. The summed E-state index contributed by atoms with van der Waals surface area (Å²) in [7, 11) is -2.27. The molecule has 0 unspecified atom stereocenters. The van der Waals surface area contributed by atoms with E-state index in [1.807, 2.05) is 0 Å². The maximum Gasteiger partial charge on any atom is 0.501 e. The zero-order valence-corrected chi connectivity index (χ0v) is 10.5. The Morgan fingerprint density at radius 3 is 2.00 bits per heavy atom. The molecule has 0 amide bonds. The van der Waals surface area contributed by atoms with E-state index in [0.717, 1.165) is 51.9 Å². The van der Waals surface area contributed by atoms with Gasteiger partial charge in [-0.25, -0.2) is 0 Å². The van der Waals surface area contributed by atoms with Crippen LogP contribution >= 0.6 is 0 Å². The van der Waals surface area contributed by atoms with Gasteiger partial charge in [0.1, 0.15) is 0 Å². The van der Waals surface area contributed by atoms with Crippen LogP contribution in [-0.2, 0) is 13.3 Å². The molecule has 0 atom stereocenters. The molecule has 4 nitrogen and oxygen atoms in total. The van der Waals surface area contributed by atoms with E-state index in [1.54, 1.807) is 0 Å². The lowest BCUT2D eigenvalue weighted by molar-refractivity contribution is -0.00853. The standard InChI is InChI=1S/C10H21NO3Si/c1-2-3-10-15-12-7-4-11(5-8-13-15)6-9-14-15/h2-10H2,1H3. The molecule has 0 aliphatic carbocycles. The van der Waals surface area contributed by atoms with Crippen molar-refractivity contribution in [3.05, 3.63) is 0 Å². The quantitative estimate of drug-likeness (QED) is 0.681. The molecule has 3 fully saturated rings. The molecule has 0 aromatic carbocycles. The minimum Gasteiger partial charge on any atom is -0.372 e. The zero-order valence-electron chi connectivity index (χ0n) is 9.54. The summed E-state index contributed by atoms with van der Waals surface area (Å²) in [4.78, 5) is 2.34. The van der Waals surface area contributed by atoms with E-state index >= 15 is 0 Å². The van der Waals surface area contributed by atoms with Crippen LogP contribution in [0.4, 0.5) is 0 Å². The number of nitrogens with zero attached hydrogens (tertiary/aromatic N) is 1. The Balaban J connectivity index is 1.98.